The van der Waals surface area contributed by atoms with Crippen LogP contribution in [0, 0.1) is 5.92 Å². The number of hydrogen-bond acceptors (Lipinski definition) is 8. The zero-order chi connectivity index (χ0) is 16.6. The highest BCUT2D eigenvalue weighted by Crippen LogP contribution is 2.35. The molecule has 1 aliphatic rings. The van der Waals surface area contributed by atoms with E-state index in [0.29, 0.717) is 6.61 Å². The first-order chi connectivity index (χ1) is 11.1. The monoisotopic (exact) mass is 325 g/mol. The van der Waals surface area contributed by atoms with Gasteiger partial charge in [-0.15, -0.1) is 0 Å². The number of aliphatic hydroxyl groups excluding tert-OH is 2. The molecule has 10 nitrogen and oxygen atoms in total. The van der Waals surface area contributed by atoms with Crippen molar-refractivity contribution in [3.05, 3.63) is 16.7 Å². The normalized spacial score (nSPS) is 27.8. The maximum absolute atomic E-state index is 11.8. The summed E-state index contributed by atoms with van der Waals surface area (Å²) in [5.41, 5.74) is 5.41. The second kappa shape index (κ2) is 6.24. The molecule has 0 unspecified atom stereocenters. The van der Waals surface area contributed by atoms with Crippen molar-refractivity contribution in [2.45, 2.75) is 25.4 Å². The number of anilines is 1. The van der Waals surface area contributed by atoms with Crippen molar-refractivity contribution in [3.8, 4) is 0 Å². The third-order valence-electron chi connectivity index (χ3n) is 3.94. The molecule has 0 aromatic carbocycles. The van der Waals surface area contributed by atoms with Gasteiger partial charge in [0.05, 0.1) is 25.6 Å². The summed E-state index contributed by atoms with van der Waals surface area (Å²) in [5, 5.41) is 20.0. The maximum atomic E-state index is 11.8. The minimum absolute atomic E-state index is 0.0543. The smallest absolute Gasteiger partial charge is 0.280 e. The molecule has 0 radical (unpaired) electrons. The number of nitrogens with two attached hydrogens (primary N) is 1. The summed E-state index contributed by atoms with van der Waals surface area (Å²) in [4.78, 5) is 22.2. The lowest BCUT2D eigenvalue weighted by molar-refractivity contribution is -0.0500. The molecule has 2 aromatic heterocycles. The average molecular weight is 325 g/mol. The van der Waals surface area contributed by atoms with Crippen LogP contribution in [0.25, 0.3) is 11.2 Å². The van der Waals surface area contributed by atoms with Gasteiger partial charge in [0.25, 0.3) is 5.56 Å². The van der Waals surface area contributed by atoms with Gasteiger partial charge in [0, 0.05) is 12.5 Å². The summed E-state index contributed by atoms with van der Waals surface area (Å²) >= 11 is 0. The van der Waals surface area contributed by atoms with E-state index < -0.39 is 29.9 Å². The predicted octanol–water partition coefficient (Wildman–Crippen LogP) is -1.39. The lowest BCUT2D eigenvalue weighted by Gasteiger charge is -2.19. The number of H-pyrrole nitrogens is 1. The van der Waals surface area contributed by atoms with Gasteiger partial charge in [0.1, 0.15) is 6.10 Å². The third-order valence-corrected chi connectivity index (χ3v) is 3.94. The van der Waals surface area contributed by atoms with Gasteiger partial charge >= 0.3 is 0 Å². The molecular formula is C13H19N5O5. The van der Waals surface area contributed by atoms with Crippen molar-refractivity contribution in [1.82, 2.24) is 19.5 Å². The second-order valence-corrected chi connectivity index (χ2v) is 5.34. The molecule has 0 spiro atoms. The lowest BCUT2D eigenvalue weighted by atomic mass is 9.99. The fourth-order valence-electron chi connectivity index (χ4n) is 2.79. The number of hydrogen-bond donors (Lipinski definition) is 4. The predicted molar refractivity (Wildman–Crippen MR) is 79.5 cm³/mol. The van der Waals surface area contributed by atoms with Gasteiger partial charge in [-0.2, -0.15) is 4.98 Å². The van der Waals surface area contributed by atoms with Gasteiger partial charge in [-0.1, -0.05) is 0 Å². The SMILES string of the molecule is CCOC[C@H]1[C@@H](O)[C@H](n2cnc3c(=O)[nH]c(N)nc32)O[C@@H]1CO. The van der Waals surface area contributed by atoms with Crippen LogP contribution in [-0.4, -0.2) is 61.8 Å². The van der Waals surface area contributed by atoms with Crippen LogP contribution in [-0.2, 0) is 9.47 Å². The third kappa shape index (κ3) is 2.70. The zero-order valence-corrected chi connectivity index (χ0v) is 12.5. The van der Waals surface area contributed by atoms with Gasteiger partial charge in [0.15, 0.2) is 17.4 Å². The van der Waals surface area contributed by atoms with E-state index in [0.717, 1.165) is 0 Å². The van der Waals surface area contributed by atoms with E-state index in [1.165, 1.54) is 10.9 Å². The standard InChI is InChI=1S/C13H19N5O5/c1-2-22-4-6-7(3-19)23-12(9(6)20)18-5-15-8-10(18)16-13(14)17-11(8)21/h5-7,9,12,19-20H,2-4H2,1H3,(H3,14,16,17,21)/t6-,7-,9-,12-/m1/s1. The molecule has 0 saturated carbocycles. The average Bonchev–Trinajstić information content (AvgIpc) is 3.06. The molecule has 1 fully saturated rings. The Morgan fingerprint density at radius 1 is 1.57 bits per heavy atom. The molecule has 2 aromatic rings. The Labute approximate surface area is 130 Å². The molecule has 126 valence electrons. The molecule has 0 aliphatic carbocycles. The Hall–Kier alpha value is -2.01. The first-order valence-corrected chi connectivity index (χ1v) is 7.31. The number of imidazole rings is 1. The molecule has 1 aliphatic heterocycles. The first-order valence-electron chi connectivity index (χ1n) is 7.31. The van der Waals surface area contributed by atoms with Crippen molar-refractivity contribution in [2.24, 2.45) is 5.92 Å². The summed E-state index contributed by atoms with van der Waals surface area (Å²) in [5.74, 6) is -0.456. The van der Waals surface area contributed by atoms with E-state index in [1.807, 2.05) is 6.92 Å². The van der Waals surface area contributed by atoms with Crippen LogP contribution < -0.4 is 11.3 Å². The summed E-state index contributed by atoms with van der Waals surface area (Å²) in [7, 11) is 0. The molecule has 0 bridgehead atoms. The highest BCUT2D eigenvalue weighted by molar-refractivity contribution is 5.70. The van der Waals surface area contributed by atoms with Gasteiger partial charge < -0.3 is 25.4 Å². The van der Waals surface area contributed by atoms with E-state index in [2.05, 4.69) is 15.0 Å². The van der Waals surface area contributed by atoms with Gasteiger partial charge in [-0.05, 0) is 6.92 Å². The number of fused-ring (bicyclic) bond motifs is 1. The maximum Gasteiger partial charge on any atom is 0.280 e. The van der Waals surface area contributed by atoms with Crippen molar-refractivity contribution in [1.29, 1.82) is 0 Å². The van der Waals surface area contributed by atoms with E-state index in [9.17, 15) is 15.0 Å². The molecule has 10 heteroatoms. The number of nitrogens with zero attached hydrogens (tertiary/aromatic N) is 3. The van der Waals surface area contributed by atoms with Gasteiger partial charge in [0.2, 0.25) is 5.95 Å². The Balaban J connectivity index is 1.97. The number of nitrogens with one attached hydrogen (secondary N) is 1. The number of aliphatic hydroxyl groups is 2. The van der Waals surface area contributed by atoms with E-state index >= 15 is 0 Å². The van der Waals surface area contributed by atoms with Crippen molar-refractivity contribution in [3.63, 3.8) is 0 Å². The summed E-state index contributed by atoms with van der Waals surface area (Å²) in [6.07, 6.45) is -1.01. The van der Waals surface area contributed by atoms with Crippen LogP contribution >= 0.6 is 0 Å². The molecule has 23 heavy (non-hydrogen) atoms. The van der Waals surface area contributed by atoms with E-state index in [-0.39, 0.29) is 30.3 Å². The molecule has 3 rings (SSSR count). The number of aromatic nitrogens is 4. The number of nitrogen functional groups attached to an aromatic ring is 1. The largest absolute Gasteiger partial charge is 0.394 e. The van der Waals surface area contributed by atoms with Crippen molar-refractivity contribution < 1.29 is 19.7 Å². The Morgan fingerprint density at radius 3 is 3.04 bits per heavy atom. The van der Waals surface area contributed by atoms with Crippen LogP contribution in [0.2, 0.25) is 0 Å². The highest BCUT2D eigenvalue weighted by Gasteiger charge is 2.44. The van der Waals surface area contributed by atoms with E-state index in [1.54, 1.807) is 0 Å². The minimum atomic E-state index is -0.946. The number of ether oxygens (including phenoxy) is 2. The molecule has 0 amide bonds. The Kier molecular flexibility index (Phi) is 4.31. The lowest BCUT2D eigenvalue weighted by Crippen LogP contribution is -2.32. The van der Waals surface area contributed by atoms with Gasteiger partial charge in [-0.3, -0.25) is 14.3 Å². The Morgan fingerprint density at radius 2 is 2.35 bits per heavy atom. The van der Waals surface area contributed by atoms with Crippen LogP contribution in [0.4, 0.5) is 5.95 Å². The minimum Gasteiger partial charge on any atom is -0.394 e. The Bertz CT molecular complexity index is 744. The highest BCUT2D eigenvalue weighted by atomic mass is 16.5. The van der Waals surface area contributed by atoms with Crippen molar-refractivity contribution >= 4 is 17.1 Å². The molecular weight excluding hydrogens is 306 g/mol. The molecule has 3 heterocycles. The summed E-state index contributed by atoms with van der Waals surface area (Å²) in [6.45, 7) is 2.33. The molecule has 4 atom stereocenters. The van der Waals surface area contributed by atoms with Gasteiger partial charge in [-0.25, -0.2) is 4.98 Å². The molecule has 1 saturated heterocycles. The second-order valence-electron chi connectivity index (χ2n) is 5.34. The fraction of sp³-hybridized carbons (Fsp3) is 0.615. The summed E-state index contributed by atoms with van der Waals surface area (Å²) in [6, 6.07) is 0. The van der Waals surface area contributed by atoms with Crippen LogP contribution in [0.5, 0.6) is 0 Å². The fourth-order valence-corrected chi connectivity index (χ4v) is 2.79. The topological polar surface area (TPSA) is 149 Å². The molecule has 5 N–H and O–H groups in total. The number of aromatic amines is 1. The first kappa shape index (κ1) is 15.9. The van der Waals surface area contributed by atoms with E-state index in [4.69, 9.17) is 15.2 Å². The number of rotatable bonds is 5. The summed E-state index contributed by atoms with van der Waals surface area (Å²) < 4.78 is 12.5. The van der Waals surface area contributed by atoms with Crippen LogP contribution in [0.3, 0.4) is 0 Å². The van der Waals surface area contributed by atoms with Crippen LogP contribution in [0.1, 0.15) is 13.2 Å². The quantitative estimate of drug-likeness (QED) is 0.525. The zero-order valence-electron chi connectivity index (χ0n) is 12.5. The van der Waals surface area contributed by atoms with Crippen molar-refractivity contribution in [2.75, 3.05) is 25.6 Å². The van der Waals surface area contributed by atoms with Crippen LogP contribution in [0.15, 0.2) is 11.1 Å².